The van der Waals surface area contributed by atoms with Gasteiger partial charge in [0, 0.05) is 12.1 Å². The predicted molar refractivity (Wildman–Crippen MR) is 81.4 cm³/mol. The van der Waals surface area contributed by atoms with Crippen molar-refractivity contribution >= 4 is 0 Å². The molecule has 0 bridgehead atoms. The van der Waals surface area contributed by atoms with E-state index in [4.69, 9.17) is 0 Å². The van der Waals surface area contributed by atoms with Crippen molar-refractivity contribution in [2.75, 3.05) is 0 Å². The number of fused-ring (bicyclic) bond motifs is 1. The molecule has 2 atom stereocenters. The maximum absolute atomic E-state index is 3.93. The molecular formula is C18H27N. The largest absolute Gasteiger partial charge is 0.307 e. The van der Waals surface area contributed by atoms with Crippen LogP contribution < -0.4 is 5.32 Å². The maximum atomic E-state index is 3.93. The third-order valence-corrected chi connectivity index (χ3v) is 5.20. The Hall–Kier alpha value is -0.820. The number of hydrogen-bond acceptors (Lipinski definition) is 1. The molecule has 1 heteroatoms. The second kappa shape index (κ2) is 5.66. The number of benzene rings is 1. The molecular weight excluding hydrogens is 230 g/mol. The van der Waals surface area contributed by atoms with Crippen molar-refractivity contribution in [3.05, 3.63) is 34.9 Å². The molecule has 1 aromatic carbocycles. The van der Waals surface area contributed by atoms with E-state index >= 15 is 0 Å². The molecule has 19 heavy (non-hydrogen) atoms. The maximum Gasteiger partial charge on any atom is 0.0328 e. The van der Waals surface area contributed by atoms with E-state index in [2.05, 4.69) is 37.4 Å². The summed E-state index contributed by atoms with van der Waals surface area (Å²) in [7, 11) is 0. The van der Waals surface area contributed by atoms with E-state index in [1.165, 1.54) is 50.5 Å². The Bertz CT molecular complexity index is 431. The van der Waals surface area contributed by atoms with E-state index in [1.807, 2.05) is 0 Å². The normalized spacial score (nSPS) is 25.3. The molecule has 2 aliphatic rings. The molecule has 1 N–H and O–H groups in total. The summed E-state index contributed by atoms with van der Waals surface area (Å²) in [6.07, 6.45) is 9.74. The van der Waals surface area contributed by atoms with Gasteiger partial charge < -0.3 is 5.32 Å². The van der Waals surface area contributed by atoms with Gasteiger partial charge in [-0.3, -0.25) is 0 Å². The van der Waals surface area contributed by atoms with Crippen LogP contribution in [-0.2, 0) is 6.42 Å². The molecule has 0 radical (unpaired) electrons. The van der Waals surface area contributed by atoms with Crippen molar-refractivity contribution in [2.24, 2.45) is 5.92 Å². The molecule has 1 saturated carbocycles. The first-order valence-electron chi connectivity index (χ1n) is 8.09. The lowest BCUT2D eigenvalue weighted by Gasteiger charge is -2.31. The van der Waals surface area contributed by atoms with Gasteiger partial charge in [-0.05, 0) is 56.6 Å². The Morgan fingerprint density at radius 3 is 2.68 bits per heavy atom. The highest BCUT2D eigenvalue weighted by atomic mass is 15.0. The van der Waals surface area contributed by atoms with E-state index in [1.54, 1.807) is 11.1 Å². The molecule has 1 fully saturated rings. The Kier molecular flexibility index (Phi) is 3.93. The van der Waals surface area contributed by atoms with Crippen LogP contribution in [0.25, 0.3) is 0 Å². The topological polar surface area (TPSA) is 12.0 Å². The molecule has 0 aromatic heterocycles. The van der Waals surface area contributed by atoms with Crippen LogP contribution in [0.3, 0.4) is 0 Å². The highest BCUT2D eigenvalue weighted by Gasteiger charge is 2.27. The van der Waals surface area contributed by atoms with Crippen LogP contribution in [0.4, 0.5) is 0 Å². The van der Waals surface area contributed by atoms with Crippen molar-refractivity contribution in [2.45, 2.75) is 70.9 Å². The zero-order valence-corrected chi connectivity index (χ0v) is 12.4. The average molecular weight is 257 g/mol. The highest BCUT2D eigenvalue weighted by molar-refractivity contribution is 5.37. The van der Waals surface area contributed by atoms with E-state index in [9.17, 15) is 0 Å². The second-order valence-corrected chi connectivity index (χ2v) is 6.65. The Labute approximate surface area is 117 Å². The van der Waals surface area contributed by atoms with E-state index < -0.39 is 0 Å². The Morgan fingerprint density at radius 1 is 1.11 bits per heavy atom. The first kappa shape index (κ1) is 13.2. The van der Waals surface area contributed by atoms with Gasteiger partial charge in [-0.2, -0.15) is 0 Å². The number of hydrogen-bond donors (Lipinski definition) is 1. The minimum Gasteiger partial charge on any atom is -0.307 e. The summed E-state index contributed by atoms with van der Waals surface area (Å²) in [6, 6.07) is 8.26. The summed E-state index contributed by atoms with van der Waals surface area (Å²) in [5.74, 6) is 0.905. The van der Waals surface area contributed by atoms with Crippen LogP contribution in [0.1, 0.15) is 68.2 Å². The summed E-state index contributed by atoms with van der Waals surface area (Å²) < 4.78 is 0. The summed E-state index contributed by atoms with van der Waals surface area (Å²) >= 11 is 0. The lowest BCUT2D eigenvalue weighted by Crippen LogP contribution is -2.36. The Balaban J connectivity index is 1.66. The van der Waals surface area contributed by atoms with Crippen molar-refractivity contribution < 1.29 is 0 Å². The molecule has 104 valence electrons. The summed E-state index contributed by atoms with van der Waals surface area (Å²) in [4.78, 5) is 0. The van der Waals surface area contributed by atoms with Gasteiger partial charge in [-0.1, -0.05) is 43.0 Å². The van der Waals surface area contributed by atoms with Gasteiger partial charge in [0.25, 0.3) is 0 Å². The van der Waals surface area contributed by atoms with Gasteiger partial charge in [-0.15, -0.1) is 0 Å². The SMILES string of the molecule is Cc1ccc2c(c1)C(N[C@H](C)C1CCCCC1)CC2. The molecule has 0 aliphatic heterocycles. The lowest BCUT2D eigenvalue weighted by atomic mass is 9.84. The first-order valence-corrected chi connectivity index (χ1v) is 8.09. The Morgan fingerprint density at radius 2 is 1.89 bits per heavy atom. The summed E-state index contributed by atoms with van der Waals surface area (Å²) in [5.41, 5.74) is 4.54. The molecule has 1 nitrogen and oxygen atoms in total. The first-order chi connectivity index (χ1) is 9.24. The minimum atomic E-state index is 0.604. The summed E-state index contributed by atoms with van der Waals surface area (Å²) in [6.45, 7) is 4.62. The standard InChI is InChI=1S/C18H27N/c1-13-8-9-16-10-11-18(17(16)12-13)19-14(2)15-6-4-3-5-7-15/h8-9,12,14-15,18-19H,3-7,10-11H2,1-2H3/t14-,18?/m1/s1. The van der Waals surface area contributed by atoms with Crippen molar-refractivity contribution in [1.29, 1.82) is 0 Å². The van der Waals surface area contributed by atoms with Crippen molar-refractivity contribution in [3.8, 4) is 0 Å². The highest BCUT2D eigenvalue weighted by Crippen LogP contribution is 2.34. The van der Waals surface area contributed by atoms with Gasteiger partial charge in [-0.25, -0.2) is 0 Å². The molecule has 0 amide bonds. The third kappa shape index (κ3) is 2.86. The van der Waals surface area contributed by atoms with Crippen LogP contribution in [-0.4, -0.2) is 6.04 Å². The summed E-state index contributed by atoms with van der Waals surface area (Å²) in [5, 5.41) is 3.93. The fourth-order valence-corrected chi connectivity index (χ4v) is 3.98. The predicted octanol–water partition coefficient (Wildman–Crippen LogP) is 4.54. The van der Waals surface area contributed by atoms with Gasteiger partial charge in [0.1, 0.15) is 0 Å². The van der Waals surface area contributed by atoms with Crippen LogP contribution in [0.15, 0.2) is 18.2 Å². The van der Waals surface area contributed by atoms with Crippen LogP contribution in [0.5, 0.6) is 0 Å². The molecule has 1 aromatic rings. The van der Waals surface area contributed by atoms with E-state index in [0.29, 0.717) is 12.1 Å². The molecule has 3 rings (SSSR count). The van der Waals surface area contributed by atoms with Gasteiger partial charge >= 0.3 is 0 Å². The fourth-order valence-electron chi connectivity index (χ4n) is 3.98. The van der Waals surface area contributed by atoms with Crippen molar-refractivity contribution in [1.82, 2.24) is 5.32 Å². The third-order valence-electron chi connectivity index (χ3n) is 5.20. The lowest BCUT2D eigenvalue weighted by molar-refractivity contribution is 0.264. The van der Waals surface area contributed by atoms with E-state index in [-0.39, 0.29) is 0 Å². The van der Waals surface area contributed by atoms with Crippen LogP contribution in [0.2, 0.25) is 0 Å². The quantitative estimate of drug-likeness (QED) is 0.838. The molecule has 2 aliphatic carbocycles. The molecule has 0 spiro atoms. The number of rotatable bonds is 3. The minimum absolute atomic E-state index is 0.604. The average Bonchev–Trinajstić information content (AvgIpc) is 2.82. The monoisotopic (exact) mass is 257 g/mol. The zero-order valence-electron chi connectivity index (χ0n) is 12.4. The van der Waals surface area contributed by atoms with Gasteiger partial charge in [0.15, 0.2) is 0 Å². The molecule has 1 unspecified atom stereocenters. The van der Waals surface area contributed by atoms with Crippen LogP contribution >= 0.6 is 0 Å². The smallest absolute Gasteiger partial charge is 0.0328 e. The molecule has 0 saturated heterocycles. The second-order valence-electron chi connectivity index (χ2n) is 6.65. The number of aryl methyl sites for hydroxylation is 2. The zero-order chi connectivity index (χ0) is 13.2. The van der Waals surface area contributed by atoms with Gasteiger partial charge in [0.2, 0.25) is 0 Å². The van der Waals surface area contributed by atoms with Crippen molar-refractivity contribution in [3.63, 3.8) is 0 Å². The molecule has 0 heterocycles. The number of nitrogens with one attached hydrogen (secondary N) is 1. The van der Waals surface area contributed by atoms with Gasteiger partial charge in [0.05, 0.1) is 0 Å². The fraction of sp³-hybridized carbons (Fsp3) is 0.667. The van der Waals surface area contributed by atoms with E-state index in [0.717, 1.165) is 5.92 Å². The van der Waals surface area contributed by atoms with Crippen LogP contribution in [0, 0.1) is 12.8 Å².